The molecule has 0 spiro atoms. The molecule has 3 aromatic carbocycles. The molecule has 5 rings (SSSR count). The molecule has 10 nitrogen and oxygen atoms in total. The largest absolute Gasteiger partial charge is 0.504 e. The fraction of sp³-hybridized carbons (Fsp3) is 0.355. The summed E-state index contributed by atoms with van der Waals surface area (Å²) in [6, 6.07) is 12.1. The number of esters is 2. The van der Waals surface area contributed by atoms with E-state index in [1.165, 1.54) is 28.3 Å². The SMILES string of the molecule is COc1cc2c(c(O)c1OC)-c1c(cc3c(c1OC)OCO3)[C@@H](OC(=O)c1ccccc1)[C@@H](C)[C@H](C)[C@H]2OC(C)=O. The van der Waals surface area contributed by atoms with Gasteiger partial charge in [0.15, 0.2) is 23.0 Å². The van der Waals surface area contributed by atoms with E-state index < -0.39 is 36.0 Å². The first-order valence-corrected chi connectivity index (χ1v) is 13.1. The number of methoxy groups -OCH3 is 3. The van der Waals surface area contributed by atoms with Crippen LogP contribution in [0.25, 0.3) is 11.1 Å². The van der Waals surface area contributed by atoms with Crippen molar-refractivity contribution in [3.63, 3.8) is 0 Å². The summed E-state index contributed by atoms with van der Waals surface area (Å²) in [6.45, 7) is 5.08. The Labute approximate surface area is 237 Å². The van der Waals surface area contributed by atoms with Gasteiger partial charge in [-0.1, -0.05) is 32.0 Å². The minimum Gasteiger partial charge on any atom is -0.504 e. The van der Waals surface area contributed by atoms with Crippen LogP contribution < -0.4 is 23.7 Å². The third kappa shape index (κ3) is 4.73. The smallest absolute Gasteiger partial charge is 0.338 e. The summed E-state index contributed by atoms with van der Waals surface area (Å²) in [6.07, 6.45) is -1.75. The molecule has 1 N–H and O–H groups in total. The number of hydrogen-bond acceptors (Lipinski definition) is 10. The first-order chi connectivity index (χ1) is 19.7. The number of carbonyl (C=O) groups excluding carboxylic acids is 2. The summed E-state index contributed by atoms with van der Waals surface area (Å²) in [5.41, 5.74) is 1.99. The van der Waals surface area contributed by atoms with Crippen LogP contribution in [-0.2, 0) is 14.3 Å². The third-order valence-electron chi connectivity index (χ3n) is 7.71. The fourth-order valence-electron chi connectivity index (χ4n) is 5.59. The average molecular weight is 565 g/mol. The van der Waals surface area contributed by atoms with Crippen molar-refractivity contribution in [3.05, 3.63) is 59.2 Å². The fourth-order valence-corrected chi connectivity index (χ4v) is 5.59. The van der Waals surface area contributed by atoms with Crippen LogP contribution in [0.4, 0.5) is 0 Å². The molecule has 1 aliphatic heterocycles. The van der Waals surface area contributed by atoms with E-state index in [1.54, 1.807) is 36.4 Å². The molecule has 0 aromatic heterocycles. The first kappa shape index (κ1) is 27.9. The Morgan fingerprint density at radius 2 is 1.46 bits per heavy atom. The molecule has 0 bridgehead atoms. The normalized spacial score (nSPS) is 20.5. The number of phenols is 1. The van der Waals surface area contributed by atoms with E-state index in [-0.39, 0.29) is 35.4 Å². The van der Waals surface area contributed by atoms with Gasteiger partial charge in [0.2, 0.25) is 18.3 Å². The average Bonchev–Trinajstić information content (AvgIpc) is 3.45. The maximum Gasteiger partial charge on any atom is 0.338 e. The van der Waals surface area contributed by atoms with E-state index in [1.807, 2.05) is 19.9 Å². The highest BCUT2D eigenvalue weighted by Gasteiger charge is 2.44. The third-order valence-corrected chi connectivity index (χ3v) is 7.71. The van der Waals surface area contributed by atoms with Gasteiger partial charge in [0.1, 0.15) is 12.2 Å². The van der Waals surface area contributed by atoms with Crippen LogP contribution in [0.3, 0.4) is 0 Å². The molecule has 0 saturated carbocycles. The Bertz CT molecular complexity index is 1480. The maximum atomic E-state index is 13.4. The molecule has 41 heavy (non-hydrogen) atoms. The van der Waals surface area contributed by atoms with E-state index in [0.29, 0.717) is 33.8 Å². The van der Waals surface area contributed by atoms with Crippen LogP contribution in [0.2, 0.25) is 0 Å². The van der Waals surface area contributed by atoms with Gasteiger partial charge in [0.05, 0.1) is 26.9 Å². The van der Waals surface area contributed by atoms with Gasteiger partial charge in [0, 0.05) is 41.0 Å². The Morgan fingerprint density at radius 1 is 0.829 bits per heavy atom. The Hall–Kier alpha value is -4.60. The number of hydrogen-bond donors (Lipinski definition) is 1. The predicted octanol–water partition coefficient (Wildman–Crippen LogP) is 5.60. The highest BCUT2D eigenvalue weighted by atomic mass is 16.7. The van der Waals surface area contributed by atoms with E-state index in [9.17, 15) is 14.7 Å². The number of carbonyl (C=O) groups is 2. The Kier molecular flexibility index (Phi) is 7.57. The van der Waals surface area contributed by atoms with Crippen LogP contribution in [0.15, 0.2) is 42.5 Å². The molecule has 0 unspecified atom stereocenters. The van der Waals surface area contributed by atoms with Crippen LogP contribution in [0.1, 0.15) is 54.5 Å². The van der Waals surface area contributed by atoms with Gasteiger partial charge in [-0.05, 0) is 24.3 Å². The summed E-state index contributed by atoms with van der Waals surface area (Å²) in [4.78, 5) is 25.9. The van der Waals surface area contributed by atoms with Gasteiger partial charge in [-0.25, -0.2) is 4.79 Å². The van der Waals surface area contributed by atoms with E-state index >= 15 is 0 Å². The molecule has 4 atom stereocenters. The molecule has 0 radical (unpaired) electrons. The molecular weight excluding hydrogens is 532 g/mol. The summed E-state index contributed by atoms with van der Waals surface area (Å²) in [5.74, 6) is -0.858. The summed E-state index contributed by atoms with van der Waals surface area (Å²) >= 11 is 0. The van der Waals surface area contributed by atoms with Crippen molar-refractivity contribution in [3.8, 4) is 45.6 Å². The lowest BCUT2D eigenvalue weighted by molar-refractivity contribution is -0.151. The van der Waals surface area contributed by atoms with Crippen molar-refractivity contribution < 1.29 is 47.9 Å². The topological polar surface area (TPSA) is 119 Å². The zero-order chi connectivity index (χ0) is 29.4. The van der Waals surface area contributed by atoms with Crippen molar-refractivity contribution in [1.82, 2.24) is 0 Å². The summed E-state index contributed by atoms with van der Waals surface area (Å²) in [5, 5.41) is 11.7. The van der Waals surface area contributed by atoms with E-state index in [0.717, 1.165) is 0 Å². The van der Waals surface area contributed by atoms with E-state index in [2.05, 4.69) is 0 Å². The minimum atomic E-state index is -0.880. The zero-order valence-electron chi connectivity index (χ0n) is 23.7. The maximum absolute atomic E-state index is 13.4. The molecule has 216 valence electrons. The monoisotopic (exact) mass is 564 g/mol. The quantitative estimate of drug-likeness (QED) is 0.379. The standard InChI is InChI=1S/C31H32O10/c1-15-16(2)27(41-31(34)18-10-8-7-9-11-18)20-13-22-29(39-14-38-22)30(37-6)24(20)23-19(26(15)40-17(3)32)12-21(35-4)28(36-5)25(23)33/h7-13,15-16,26-27,33H,14H2,1-6H3/t15-,16-,26+,27-/m0/s1. The molecule has 0 saturated heterocycles. The number of benzene rings is 3. The van der Waals surface area contributed by atoms with Crippen molar-refractivity contribution >= 4 is 11.9 Å². The van der Waals surface area contributed by atoms with Crippen LogP contribution in [0.5, 0.6) is 34.5 Å². The summed E-state index contributed by atoms with van der Waals surface area (Å²) < 4.78 is 40.6. The number of fused-ring (bicyclic) bond motifs is 4. The van der Waals surface area contributed by atoms with E-state index in [4.69, 9.17) is 33.2 Å². The minimum absolute atomic E-state index is 0.0458. The lowest BCUT2D eigenvalue weighted by Gasteiger charge is -2.38. The molecule has 1 aliphatic carbocycles. The first-order valence-electron chi connectivity index (χ1n) is 13.1. The number of ether oxygens (including phenoxy) is 7. The van der Waals surface area contributed by atoms with Crippen molar-refractivity contribution in [1.29, 1.82) is 0 Å². The lowest BCUT2D eigenvalue weighted by Crippen LogP contribution is -2.31. The highest BCUT2D eigenvalue weighted by molar-refractivity contribution is 5.91. The van der Waals surface area contributed by atoms with Crippen molar-refractivity contribution in [2.75, 3.05) is 28.1 Å². The van der Waals surface area contributed by atoms with Gasteiger partial charge in [-0.3, -0.25) is 4.79 Å². The van der Waals surface area contributed by atoms with Crippen LogP contribution >= 0.6 is 0 Å². The lowest BCUT2D eigenvalue weighted by atomic mass is 9.74. The number of aromatic hydroxyl groups is 1. The highest BCUT2D eigenvalue weighted by Crippen LogP contribution is 2.60. The van der Waals surface area contributed by atoms with Crippen LogP contribution in [0, 0.1) is 11.8 Å². The second-order valence-corrected chi connectivity index (χ2v) is 9.97. The molecule has 0 fully saturated rings. The van der Waals surface area contributed by atoms with Gasteiger partial charge >= 0.3 is 11.9 Å². The number of phenolic OH excluding ortho intramolecular Hbond substituents is 1. The zero-order valence-corrected chi connectivity index (χ0v) is 23.7. The van der Waals surface area contributed by atoms with Gasteiger partial charge < -0.3 is 38.3 Å². The molecular formula is C31H32O10. The van der Waals surface area contributed by atoms with Crippen LogP contribution in [-0.4, -0.2) is 45.2 Å². The molecule has 10 heteroatoms. The molecule has 1 heterocycles. The molecule has 3 aromatic rings. The summed E-state index contributed by atoms with van der Waals surface area (Å²) in [7, 11) is 4.32. The second kappa shape index (κ2) is 11.1. The molecule has 0 amide bonds. The van der Waals surface area contributed by atoms with Crippen molar-refractivity contribution in [2.45, 2.75) is 33.0 Å². The Morgan fingerprint density at radius 3 is 2.07 bits per heavy atom. The second-order valence-electron chi connectivity index (χ2n) is 9.97. The van der Waals surface area contributed by atoms with Crippen molar-refractivity contribution in [2.24, 2.45) is 11.8 Å². The Balaban J connectivity index is 1.87. The molecule has 2 aliphatic rings. The number of rotatable bonds is 6. The van der Waals surface area contributed by atoms with Gasteiger partial charge in [0.25, 0.3) is 0 Å². The van der Waals surface area contributed by atoms with Gasteiger partial charge in [-0.2, -0.15) is 0 Å². The van der Waals surface area contributed by atoms with Gasteiger partial charge in [-0.15, -0.1) is 0 Å². The predicted molar refractivity (Wildman–Crippen MR) is 147 cm³/mol.